The highest BCUT2D eigenvalue weighted by atomic mass is 16.7. The molecule has 0 spiro atoms. The maximum Gasteiger partial charge on any atom is 0.231 e. The average molecular weight is 383 g/mol. The van der Waals surface area contributed by atoms with Gasteiger partial charge in [0.05, 0.1) is 6.61 Å². The van der Waals surface area contributed by atoms with Crippen molar-refractivity contribution in [3.8, 4) is 17.2 Å². The molecule has 0 fully saturated rings. The summed E-state index contributed by atoms with van der Waals surface area (Å²) < 4.78 is 16.1. The van der Waals surface area contributed by atoms with Crippen molar-refractivity contribution >= 4 is 11.7 Å². The van der Waals surface area contributed by atoms with Gasteiger partial charge in [-0.1, -0.05) is 13.0 Å². The van der Waals surface area contributed by atoms with Crippen LogP contribution in [0.2, 0.25) is 0 Å². The Morgan fingerprint density at radius 1 is 1.04 bits per heavy atom. The maximum atomic E-state index is 12.2. The Labute approximate surface area is 164 Å². The van der Waals surface area contributed by atoms with Crippen LogP contribution in [-0.4, -0.2) is 31.6 Å². The van der Waals surface area contributed by atoms with Crippen molar-refractivity contribution in [2.75, 3.05) is 19.9 Å². The fraction of sp³-hybridized carbons (Fsp3) is 0.364. The minimum atomic E-state index is -0.128. The molecule has 0 saturated carbocycles. The van der Waals surface area contributed by atoms with Crippen LogP contribution in [0.25, 0.3) is 0 Å². The van der Waals surface area contributed by atoms with Gasteiger partial charge in [-0.05, 0) is 54.8 Å². The van der Waals surface area contributed by atoms with Crippen molar-refractivity contribution in [3.63, 3.8) is 0 Å². The van der Waals surface area contributed by atoms with E-state index in [1.807, 2.05) is 25.1 Å². The molecule has 0 radical (unpaired) electrons. The summed E-state index contributed by atoms with van der Waals surface area (Å²) in [6.45, 7) is 3.45. The van der Waals surface area contributed by atoms with E-state index in [0.29, 0.717) is 25.1 Å². The zero-order valence-corrected chi connectivity index (χ0v) is 16.0. The van der Waals surface area contributed by atoms with Gasteiger partial charge in [0.25, 0.3) is 0 Å². The fourth-order valence-electron chi connectivity index (χ4n) is 2.86. The monoisotopic (exact) mass is 383 g/mol. The van der Waals surface area contributed by atoms with E-state index >= 15 is 0 Å². The molecule has 1 aliphatic rings. The van der Waals surface area contributed by atoms with E-state index in [4.69, 9.17) is 14.2 Å². The first-order valence-electron chi connectivity index (χ1n) is 9.57. The van der Waals surface area contributed by atoms with Crippen LogP contribution >= 0.6 is 0 Å². The summed E-state index contributed by atoms with van der Waals surface area (Å²) in [5.41, 5.74) is 1.66. The van der Waals surface area contributed by atoms with Crippen LogP contribution in [0.4, 0.5) is 0 Å². The summed E-state index contributed by atoms with van der Waals surface area (Å²) in [6.07, 6.45) is 1.99. The zero-order valence-electron chi connectivity index (χ0n) is 16.0. The first kappa shape index (κ1) is 19.7. The molecule has 1 N–H and O–H groups in total. The van der Waals surface area contributed by atoms with Crippen molar-refractivity contribution in [2.24, 2.45) is 0 Å². The molecule has 6 heteroatoms. The average Bonchev–Trinajstić information content (AvgIpc) is 3.19. The van der Waals surface area contributed by atoms with Gasteiger partial charge in [-0.3, -0.25) is 9.59 Å². The molecule has 2 aromatic carbocycles. The van der Waals surface area contributed by atoms with E-state index in [2.05, 4.69) is 5.32 Å². The number of amides is 1. The molecule has 1 heterocycles. The molecule has 0 unspecified atom stereocenters. The summed E-state index contributed by atoms with van der Waals surface area (Å²) in [4.78, 5) is 24.2. The van der Waals surface area contributed by atoms with Gasteiger partial charge >= 0.3 is 0 Å². The third-order valence-electron chi connectivity index (χ3n) is 4.40. The van der Waals surface area contributed by atoms with Crippen LogP contribution in [0, 0.1) is 0 Å². The minimum absolute atomic E-state index is 0.0482. The molecule has 0 saturated heterocycles. The molecule has 6 nitrogen and oxygen atoms in total. The SMILES string of the molecule is CCCOc1ccc(C(=O)CCC(=O)NCCc2ccc3c(c2)OCO3)cc1. The molecule has 0 aliphatic carbocycles. The van der Waals surface area contributed by atoms with Crippen LogP contribution in [0.15, 0.2) is 42.5 Å². The quantitative estimate of drug-likeness (QED) is 0.636. The first-order valence-corrected chi connectivity index (χ1v) is 9.57. The molecule has 28 heavy (non-hydrogen) atoms. The molecule has 1 aliphatic heterocycles. The molecule has 148 valence electrons. The molecular formula is C22H25NO5. The van der Waals surface area contributed by atoms with Crippen LogP contribution in [0.5, 0.6) is 17.2 Å². The lowest BCUT2D eigenvalue weighted by atomic mass is 10.1. The number of hydrogen-bond acceptors (Lipinski definition) is 5. The Morgan fingerprint density at radius 3 is 2.61 bits per heavy atom. The number of nitrogens with one attached hydrogen (secondary N) is 1. The summed E-state index contributed by atoms with van der Waals surface area (Å²) >= 11 is 0. The van der Waals surface area contributed by atoms with Gasteiger partial charge < -0.3 is 19.5 Å². The van der Waals surface area contributed by atoms with E-state index < -0.39 is 0 Å². The van der Waals surface area contributed by atoms with Gasteiger partial charge in [-0.15, -0.1) is 0 Å². The largest absolute Gasteiger partial charge is 0.494 e. The Hall–Kier alpha value is -3.02. The predicted octanol–water partition coefficient (Wildman–Crippen LogP) is 3.53. The Kier molecular flexibility index (Phi) is 6.89. The second kappa shape index (κ2) is 9.78. The number of benzene rings is 2. The van der Waals surface area contributed by atoms with Gasteiger partial charge in [0.15, 0.2) is 17.3 Å². The molecule has 0 bridgehead atoms. The van der Waals surface area contributed by atoms with Crippen LogP contribution in [0.3, 0.4) is 0 Å². The van der Waals surface area contributed by atoms with Gasteiger partial charge in [-0.25, -0.2) is 0 Å². The summed E-state index contributed by atoms with van der Waals surface area (Å²) in [6, 6.07) is 12.8. The molecule has 3 rings (SSSR count). The van der Waals surface area contributed by atoms with Crippen LogP contribution in [-0.2, 0) is 11.2 Å². The normalized spacial score (nSPS) is 11.9. The second-order valence-electron chi connectivity index (χ2n) is 6.58. The molecule has 0 aromatic heterocycles. The highest BCUT2D eigenvalue weighted by Crippen LogP contribution is 2.32. The number of hydrogen-bond donors (Lipinski definition) is 1. The molecule has 0 atom stereocenters. The van der Waals surface area contributed by atoms with Crippen LogP contribution < -0.4 is 19.5 Å². The van der Waals surface area contributed by atoms with Crippen molar-refractivity contribution in [1.29, 1.82) is 0 Å². The number of ketones is 1. The lowest BCUT2D eigenvalue weighted by molar-refractivity contribution is -0.121. The Bertz CT molecular complexity index is 816. The van der Waals surface area contributed by atoms with Crippen molar-refractivity contribution in [2.45, 2.75) is 32.6 Å². The Morgan fingerprint density at radius 2 is 1.82 bits per heavy atom. The van der Waals surface area contributed by atoms with E-state index in [-0.39, 0.29) is 31.3 Å². The van der Waals surface area contributed by atoms with Crippen LogP contribution in [0.1, 0.15) is 42.1 Å². The first-order chi connectivity index (χ1) is 13.7. The highest BCUT2D eigenvalue weighted by Gasteiger charge is 2.13. The van der Waals surface area contributed by atoms with E-state index in [9.17, 15) is 9.59 Å². The minimum Gasteiger partial charge on any atom is -0.494 e. The fourth-order valence-corrected chi connectivity index (χ4v) is 2.86. The Balaban J connectivity index is 1.37. The third kappa shape index (κ3) is 5.49. The van der Waals surface area contributed by atoms with E-state index in [0.717, 1.165) is 29.2 Å². The van der Waals surface area contributed by atoms with Gasteiger partial charge in [0.1, 0.15) is 5.75 Å². The predicted molar refractivity (Wildman–Crippen MR) is 105 cm³/mol. The standard InChI is InChI=1S/C22H25NO5/c1-2-13-26-18-6-4-17(5-7-18)19(24)8-10-22(25)23-12-11-16-3-9-20-21(14-16)28-15-27-20/h3-7,9,14H,2,8,10-13,15H2,1H3,(H,23,25). The lowest BCUT2D eigenvalue weighted by Crippen LogP contribution is -2.26. The second-order valence-corrected chi connectivity index (χ2v) is 6.58. The highest BCUT2D eigenvalue weighted by molar-refractivity contribution is 5.98. The number of ether oxygens (including phenoxy) is 3. The van der Waals surface area contributed by atoms with E-state index in [1.54, 1.807) is 24.3 Å². The summed E-state index contributed by atoms with van der Waals surface area (Å²) in [5.74, 6) is 2.06. The summed E-state index contributed by atoms with van der Waals surface area (Å²) in [5, 5.41) is 2.85. The molecule has 2 aromatic rings. The zero-order chi connectivity index (χ0) is 19.8. The number of carbonyl (C=O) groups is 2. The number of fused-ring (bicyclic) bond motifs is 1. The molecule has 1 amide bonds. The number of carbonyl (C=O) groups excluding carboxylic acids is 2. The third-order valence-corrected chi connectivity index (χ3v) is 4.40. The maximum absolute atomic E-state index is 12.2. The topological polar surface area (TPSA) is 73.9 Å². The van der Waals surface area contributed by atoms with E-state index in [1.165, 1.54) is 0 Å². The van der Waals surface area contributed by atoms with Gasteiger partial charge in [0, 0.05) is 24.9 Å². The van der Waals surface area contributed by atoms with Crippen molar-refractivity contribution < 1.29 is 23.8 Å². The summed E-state index contributed by atoms with van der Waals surface area (Å²) in [7, 11) is 0. The van der Waals surface area contributed by atoms with Gasteiger partial charge in [0.2, 0.25) is 12.7 Å². The number of Topliss-reactive ketones (excluding diaryl/α,β-unsaturated/α-hetero) is 1. The molecular weight excluding hydrogens is 358 g/mol. The smallest absolute Gasteiger partial charge is 0.231 e. The van der Waals surface area contributed by atoms with Gasteiger partial charge in [-0.2, -0.15) is 0 Å². The lowest BCUT2D eigenvalue weighted by Gasteiger charge is -2.07. The van der Waals surface area contributed by atoms with Crippen molar-refractivity contribution in [3.05, 3.63) is 53.6 Å². The van der Waals surface area contributed by atoms with Crippen molar-refractivity contribution in [1.82, 2.24) is 5.32 Å². The number of rotatable bonds is 10.